The Kier molecular flexibility index (Phi) is 4.29. The molecule has 1 aliphatic heterocycles. The molecule has 1 aromatic heterocycles. The summed E-state index contributed by atoms with van der Waals surface area (Å²) in [6, 6.07) is 9.16. The number of rotatable bonds is 3. The van der Waals surface area contributed by atoms with E-state index < -0.39 is 15.3 Å². The van der Waals surface area contributed by atoms with Gasteiger partial charge in [0.1, 0.15) is 5.69 Å². The van der Waals surface area contributed by atoms with Crippen LogP contribution in [-0.2, 0) is 17.1 Å². The van der Waals surface area contributed by atoms with Crippen LogP contribution in [0.15, 0.2) is 36.5 Å². The maximum Gasteiger partial charge on any atom is 0.321 e. The van der Waals surface area contributed by atoms with Crippen LogP contribution in [0.5, 0.6) is 0 Å². The number of amides is 2. The number of sulfonamides is 1. The Balaban J connectivity index is 1.77. The van der Waals surface area contributed by atoms with Crippen LogP contribution in [0.2, 0.25) is 0 Å². The van der Waals surface area contributed by atoms with E-state index in [9.17, 15) is 13.2 Å². The molecular formula is C15H19N5O3S. The summed E-state index contributed by atoms with van der Waals surface area (Å²) in [5.41, 5.74) is 2.12. The van der Waals surface area contributed by atoms with Crippen molar-refractivity contribution in [1.82, 2.24) is 14.7 Å². The van der Waals surface area contributed by atoms with Crippen LogP contribution >= 0.6 is 0 Å². The van der Waals surface area contributed by atoms with Crippen molar-refractivity contribution in [3.05, 3.63) is 36.5 Å². The molecule has 3 rings (SSSR count). The number of nitrogens with zero attached hydrogens (tertiary/aromatic N) is 3. The lowest BCUT2D eigenvalue weighted by atomic mass is 10.1. The minimum atomic E-state index is -3.63. The number of primary sulfonamides is 1. The number of nitrogens with one attached hydrogen (secondary N) is 1. The lowest BCUT2D eigenvalue weighted by molar-refractivity contribution is 0.222. The molecule has 2 aromatic rings. The molecule has 8 nitrogen and oxygen atoms in total. The van der Waals surface area contributed by atoms with Crippen molar-refractivity contribution in [1.29, 1.82) is 0 Å². The highest BCUT2D eigenvalue weighted by Gasteiger charge is 2.33. The van der Waals surface area contributed by atoms with Gasteiger partial charge in [-0.15, -0.1) is 0 Å². The second-order valence-corrected chi connectivity index (χ2v) is 7.65. The molecule has 128 valence electrons. The Morgan fingerprint density at radius 1 is 1.33 bits per heavy atom. The molecule has 1 aliphatic rings. The first-order valence-corrected chi connectivity index (χ1v) is 9.12. The van der Waals surface area contributed by atoms with Crippen LogP contribution in [0.25, 0.3) is 11.3 Å². The number of hydrogen-bond acceptors (Lipinski definition) is 4. The fourth-order valence-electron chi connectivity index (χ4n) is 2.76. The SMILES string of the molecule is Cn1cc(NC(=O)N2CCC(S(N)(=O)=O)C2)c(-c2ccccc2)n1. The van der Waals surface area contributed by atoms with Crippen molar-refractivity contribution < 1.29 is 13.2 Å². The first kappa shape index (κ1) is 16.5. The van der Waals surface area contributed by atoms with Crippen LogP contribution in [0.4, 0.5) is 10.5 Å². The molecule has 1 fully saturated rings. The number of carbonyl (C=O) groups is 1. The third kappa shape index (κ3) is 3.41. The van der Waals surface area contributed by atoms with Crippen LogP contribution in [0, 0.1) is 0 Å². The summed E-state index contributed by atoms with van der Waals surface area (Å²) in [5, 5.41) is 11.7. The molecule has 1 aromatic carbocycles. The van der Waals surface area contributed by atoms with E-state index >= 15 is 0 Å². The number of aromatic nitrogens is 2. The van der Waals surface area contributed by atoms with Gasteiger partial charge < -0.3 is 10.2 Å². The predicted octanol–water partition coefficient (Wildman–Crippen LogP) is 0.982. The highest BCUT2D eigenvalue weighted by molar-refractivity contribution is 7.89. The Morgan fingerprint density at radius 2 is 2.04 bits per heavy atom. The fraction of sp³-hybridized carbons (Fsp3) is 0.333. The molecule has 0 saturated carbocycles. The van der Waals surface area contributed by atoms with E-state index in [0.29, 0.717) is 24.3 Å². The number of likely N-dealkylation sites (tertiary alicyclic amines) is 1. The summed E-state index contributed by atoms with van der Waals surface area (Å²) in [4.78, 5) is 13.9. The molecule has 0 radical (unpaired) electrons. The zero-order valence-electron chi connectivity index (χ0n) is 13.2. The smallest absolute Gasteiger partial charge is 0.321 e. The van der Waals surface area contributed by atoms with Gasteiger partial charge in [0, 0.05) is 31.9 Å². The zero-order valence-corrected chi connectivity index (χ0v) is 14.0. The number of hydrogen-bond donors (Lipinski definition) is 2. The Labute approximate surface area is 140 Å². The topological polar surface area (TPSA) is 110 Å². The zero-order chi connectivity index (χ0) is 17.3. The summed E-state index contributed by atoms with van der Waals surface area (Å²) in [6.07, 6.45) is 2.07. The van der Waals surface area contributed by atoms with Crippen molar-refractivity contribution in [2.75, 3.05) is 18.4 Å². The van der Waals surface area contributed by atoms with E-state index in [1.54, 1.807) is 17.9 Å². The maximum absolute atomic E-state index is 12.4. The quantitative estimate of drug-likeness (QED) is 0.860. The van der Waals surface area contributed by atoms with Crippen molar-refractivity contribution >= 4 is 21.7 Å². The predicted molar refractivity (Wildman–Crippen MR) is 90.7 cm³/mol. The molecule has 3 N–H and O–H groups in total. The standard InChI is InChI=1S/C15H19N5O3S/c1-19-10-13(14(18-19)11-5-3-2-4-6-11)17-15(21)20-8-7-12(9-20)24(16,22)23/h2-6,10,12H,7-9H2,1H3,(H,17,21)(H2,16,22,23). The summed E-state index contributed by atoms with van der Waals surface area (Å²) < 4.78 is 24.4. The third-order valence-electron chi connectivity index (χ3n) is 4.01. The van der Waals surface area contributed by atoms with Gasteiger partial charge in [-0.1, -0.05) is 30.3 Å². The first-order valence-electron chi connectivity index (χ1n) is 7.51. The monoisotopic (exact) mass is 349 g/mol. The molecule has 0 bridgehead atoms. The van der Waals surface area contributed by atoms with E-state index in [1.807, 2.05) is 30.3 Å². The highest BCUT2D eigenvalue weighted by Crippen LogP contribution is 2.26. The molecule has 0 spiro atoms. The normalized spacial score (nSPS) is 17.9. The van der Waals surface area contributed by atoms with E-state index in [2.05, 4.69) is 10.4 Å². The number of anilines is 1. The molecule has 1 unspecified atom stereocenters. The van der Waals surface area contributed by atoms with Gasteiger partial charge >= 0.3 is 6.03 Å². The minimum absolute atomic E-state index is 0.103. The number of nitrogens with two attached hydrogens (primary N) is 1. The molecule has 1 saturated heterocycles. The second-order valence-electron chi connectivity index (χ2n) is 5.81. The molecule has 24 heavy (non-hydrogen) atoms. The third-order valence-corrected chi connectivity index (χ3v) is 5.33. The van der Waals surface area contributed by atoms with Crippen molar-refractivity contribution in [2.24, 2.45) is 12.2 Å². The average Bonchev–Trinajstić information content (AvgIpc) is 3.15. The van der Waals surface area contributed by atoms with Gasteiger partial charge in [-0.2, -0.15) is 5.10 Å². The fourth-order valence-corrected chi connectivity index (χ4v) is 3.59. The van der Waals surface area contributed by atoms with Gasteiger partial charge in [0.15, 0.2) is 0 Å². The molecule has 1 atom stereocenters. The second kappa shape index (κ2) is 6.25. The summed E-state index contributed by atoms with van der Waals surface area (Å²) in [5.74, 6) is 0. The van der Waals surface area contributed by atoms with Crippen LogP contribution in [0.3, 0.4) is 0 Å². The Bertz CT molecular complexity index is 847. The maximum atomic E-state index is 12.4. The summed E-state index contributed by atoms with van der Waals surface area (Å²) in [7, 11) is -1.85. The average molecular weight is 349 g/mol. The lowest BCUT2D eigenvalue weighted by Crippen LogP contribution is -2.36. The van der Waals surface area contributed by atoms with Gasteiger partial charge in [0.2, 0.25) is 10.0 Å². The van der Waals surface area contributed by atoms with Gasteiger partial charge in [0.05, 0.1) is 10.9 Å². The van der Waals surface area contributed by atoms with E-state index in [0.717, 1.165) is 5.56 Å². The van der Waals surface area contributed by atoms with Gasteiger partial charge in [-0.05, 0) is 6.42 Å². The Morgan fingerprint density at radius 3 is 2.67 bits per heavy atom. The van der Waals surface area contributed by atoms with E-state index in [1.165, 1.54) is 4.90 Å². The highest BCUT2D eigenvalue weighted by atomic mass is 32.2. The molecule has 0 aliphatic carbocycles. The van der Waals surface area contributed by atoms with Crippen LogP contribution in [-0.4, -0.2) is 47.5 Å². The lowest BCUT2D eigenvalue weighted by Gasteiger charge is -2.16. The summed E-state index contributed by atoms with van der Waals surface area (Å²) >= 11 is 0. The van der Waals surface area contributed by atoms with Crippen LogP contribution < -0.4 is 10.5 Å². The van der Waals surface area contributed by atoms with Gasteiger partial charge in [0.25, 0.3) is 0 Å². The van der Waals surface area contributed by atoms with Crippen LogP contribution in [0.1, 0.15) is 6.42 Å². The number of carbonyl (C=O) groups excluding carboxylic acids is 1. The van der Waals surface area contributed by atoms with Gasteiger partial charge in [-0.3, -0.25) is 4.68 Å². The number of benzene rings is 1. The number of aryl methyl sites for hydroxylation is 1. The first-order chi connectivity index (χ1) is 11.3. The minimum Gasteiger partial charge on any atom is -0.323 e. The largest absolute Gasteiger partial charge is 0.323 e. The molecule has 2 amide bonds. The molecule has 9 heteroatoms. The van der Waals surface area contributed by atoms with Crippen molar-refractivity contribution in [3.8, 4) is 11.3 Å². The van der Waals surface area contributed by atoms with Gasteiger partial charge in [-0.25, -0.2) is 18.4 Å². The van der Waals surface area contributed by atoms with Crippen molar-refractivity contribution in [2.45, 2.75) is 11.7 Å². The van der Waals surface area contributed by atoms with Crippen molar-refractivity contribution in [3.63, 3.8) is 0 Å². The van der Waals surface area contributed by atoms with E-state index in [-0.39, 0.29) is 12.6 Å². The summed E-state index contributed by atoms with van der Waals surface area (Å²) in [6.45, 7) is 0.458. The molecular weight excluding hydrogens is 330 g/mol. The Hall–Kier alpha value is -2.39. The van der Waals surface area contributed by atoms with E-state index in [4.69, 9.17) is 5.14 Å². The molecule has 2 heterocycles. The number of urea groups is 1.